The first-order valence-corrected chi connectivity index (χ1v) is 5.37. The van der Waals surface area contributed by atoms with Crippen LogP contribution in [0.4, 0.5) is 0 Å². The molecule has 0 bridgehead atoms. The molecule has 0 aromatic rings. The topological polar surface area (TPSA) is 9.23 Å². The Bertz CT molecular complexity index is 128. The average Bonchev–Trinajstić information content (AvgIpc) is 2.32. The van der Waals surface area contributed by atoms with Crippen LogP contribution in [-0.2, 0) is 4.74 Å². The Morgan fingerprint density at radius 3 is 2.27 bits per heavy atom. The number of hydrogen-bond acceptors (Lipinski definition) is 1. The van der Waals surface area contributed by atoms with Crippen molar-refractivity contribution in [3.63, 3.8) is 0 Å². The average molecular weight is 221 g/mol. The molecule has 1 fully saturated rings. The molecule has 0 aromatic carbocycles. The van der Waals surface area contributed by atoms with Gasteiger partial charge in [0.1, 0.15) is 0 Å². The zero-order valence-electron chi connectivity index (χ0n) is 7.56. The third kappa shape index (κ3) is 2.45. The second-order valence-electron chi connectivity index (χ2n) is 4.34. The summed E-state index contributed by atoms with van der Waals surface area (Å²) in [7, 11) is 0. The second kappa shape index (κ2) is 3.44. The summed E-state index contributed by atoms with van der Waals surface area (Å²) in [4.78, 5) is 0. The van der Waals surface area contributed by atoms with E-state index in [2.05, 4.69) is 36.7 Å². The first-order valence-electron chi connectivity index (χ1n) is 4.25. The zero-order chi connectivity index (χ0) is 8.48. The third-order valence-corrected chi connectivity index (χ3v) is 2.97. The fourth-order valence-corrected chi connectivity index (χ4v) is 1.93. The molecule has 0 spiro atoms. The van der Waals surface area contributed by atoms with Crippen LogP contribution in [0.5, 0.6) is 0 Å². The zero-order valence-corrected chi connectivity index (χ0v) is 9.15. The molecule has 1 aliphatic rings. The smallest absolute Gasteiger partial charge is 0.0676 e. The van der Waals surface area contributed by atoms with Gasteiger partial charge in [0.05, 0.1) is 12.2 Å². The molecule has 0 aromatic heterocycles. The number of hydrogen-bond donors (Lipinski definition) is 0. The first kappa shape index (κ1) is 9.53. The summed E-state index contributed by atoms with van der Waals surface area (Å²) >= 11 is 3.45. The van der Waals surface area contributed by atoms with Gasteiger partial charge in [-0.05, 0) is 18.3 Å². The van der Waals surface area contributed by atoms with Crippen molar-refractivity contribution in [3.05, 3.63) is 0 Å². The van der Waals surface area contributed by atoms with Crippen LogP contribution < -0.4 is 0 Å². The van der Waals surface area contributed by atoms with Crippen LogP contribution in [0.15, 0.2) is 0 Å². The molecule has 2 heteroatoms. The highest BCUT2D eigenvalue weighted by Gasteiger charge is 2.33. The molecule has 1 rings (SSSR count). The summed E-state index contributed by atoms with van der Waals surface area (Å²) in [5, 5.41) is 0.986. The Morgan fingerprint density at radius 2 is 2.00 bits per heavy atom. The lowest BCUT2D eigenvalue weighted by molar-refractivity contribution is -0.00590. The maximum Gasteiger partial charge on any atom is 0.0676 e. The molecule has 0 amide bonds. The van der Waals surface area contributed by atoms with Crippen LogP contribution >= 0.6 is 15.9 Å². The fourth-order valence-electron chi connectivity index (χ4n) is 1.46. The lowest BCUT2D eigenvalue weighted by Crippen LogP contribution is -2.26. The summed E-state index contributed by atoms with van der Waals surface area (Å²) < 4.78 is 5.83. The minimum Gasteiger partial charge on any atom is -0.374 e. The van der Waals surface area contributed by atoms with Crippen LogP contribution in [0, 0.1) is 5.41 Å². The van der Waals surface area contributed by atoms with Crippen molar-refractivity contribution in [2.24, 2.45) is 5.41 Å². The molecule has 1 saturated heterocycles. The molecular weight excluding hydrogens is 204 g/mol. The highest BCUT2D eigenvalue weighted by molar-refractivity contribution is 9.09. The SMILES string of the molecule is CC(C)(C)[C@H]1CC[C@@H](CBr)O1. The van der Waals surface area contributed by atoms with Crippen LogP contribution in [0.2, 0.25) is 0 Å². The molecule has 1 nitrogen and oxygen atoms in total. The third-order valence-electron chi connectivity index (χ3n) is 2.25. The van der Waals surface area contributed by atoms with E-state index in [-0.39, 0.29) is 0 Å². The molecule has 66 valence electrons. The Kier molecular flexibility index (Phi) is 2.98. The standard InChI is InChI=1S/C9H17BrO/c1-9(2,3)8-5-4-7(6-10)11-8/h7-8H,4-6H2,1-3H3/t7-,8+/m0/s1. The number of halogens is 1. The van der Waals surface area contributed by atoms with E-state index < -0.39 is 0 Å². The molecule has 1 heterocycles. The van der Waals surface area contributed by atoms with Crippen LogP contribution in [-0.4, -0.2) is 17.5 Å². The second-order valence-corrected chi connectivity index (χ2v) is 4.99. The quantitative estimate of drug-likeness (QED) is 0.618. The van der Waals surface area contributed by atoms with Gasteiger partial charge in [0.2, 0.25) is 0 Å². The van der Waals surface area contributed by atoms with Crippen molar-refractivity contribution < 1.29 is 4.74 Å². The van der Waals surface area contributed by atoms with Crippen LogP contribution in [0.3, 0.4) is 0 Å². The summed E-state index contributed by atoms with van der Waals surface area (Å²) in [6.07, 6.45) is 3.36. The monoisotopic (exact) mass is 220 g/mol. The number of alkyl halides is 1. The molecule has 0 N–H and O–H groups in total. The van der Waals surface area contributed by atoms with E-state index in [4.69, 9.17) is 4.74 Å². The molecule has 0 radical (unpaired) electrons. The highest BCUT2D eigenvalue weighted by Crippen LogP contribution is 2.33. The van der Waals surface area contributed by atoms with Gasteiger partial charge in [-0.2, -0.15) is 0 Å². The fraction of sp³-hybridized carbons (Fsp3) is 1.00. The van der Waals surface area contributed by atoms with E-state index in [0.29, 0.717) is 17.6 Å². The summed E-state index contributed by atoms with van der Waals surface area (Å²) in [6.45, 7) is 6.73. The van der Waals surface area contributed by atoms with Gasteiger partial charge in [0.15, 0.2) is 0 Å². The van der Waals surface area contributed by atoms with Gasteiger partial charge in [-0.1, -0.05) is 36.7 Å². The van der Waals surface area contributed by atoms with E-state index in [1.807, 2.05) is 0 Å². The first-order chi connectivity index (χ1) is 5.04. The van der Waals surface area contributed by atoms with Crippen molar-refractivity contribution >= 4 is 15.9 Å². The molecule has 0 aliphatic carbocycles. The van der Waals surface area contributed by atoms with Gasteiger partial charge < -0.3 is 4.74 Å². The Morgan fingerprint density at radius 1 is 1.36 bits per heavy atom. The Hall–Kier alpha value is 0.440. The lowest BCUT2D eigenvalue weighted by Gasteiger charge is -2.26. The minimum absolute atomic E-state index is 0.316. The Labute approximate surface area is 77.6 Å². The van der Waals surface area contributed by atoms with E-state index in [1.165, 1.54) is 12.8 Å². The van der Waals surface area contributed by atoms with Crippen molar-refractivity contribution in [3.8, 4) is 0 Å². The molecule has 1 aliphatic heterocycles. The number of rotatable bonds is 1. The maximum atomic E-state index is 5.83. The Balaban J connectivity index is 2.42. The summed E-state index contributed by atoms with van der Waals surface area (Å²) in [5.74, 6) is 0. The summed E-state index contributed by atoms with van der Waals surface area (Å²) in [6, 6.07) is 0. The van der Waals surface area contributed by atoms with Gasteiger partial charge in [-0.3, -0.25) is 0 Å². The van der Waals surface area contributed by atoms with E-state index in [9.17, 15) is 0 Å². The predicted molar refractivity (Wildman–Crippen MR) is 51.1 cm³/mol. The highest BCUT2D eigenvalue weighted by atomic mass is 79.9. The van der Waals surface area contributed by atoms with Crippen molar-refractivity contribution in [2.75, 3.05) is 5.33 Å². The van der Waals surface area contributed by atoms with Gasteiger partial charge >= 0.3 is 0 Å². The molecule has 11 heavy (non-hydrogen) atoms. The number of ether oxygens (including phenoxy) is 1. The minimum atomic E-state index is 0.316. The van der Waals surface area contributed by atoms with Gasteiger partial charge in [0.25, 0.3) is 0 Å². The molecule has 2 atom stereocenters. The van der Waals surface area contributed by atoms with E-state index in [1.54, 1.807) is 0 Å². The summed E-state index contributed by atoms with van der Waals surface area (Å²) in [5.41, 5.74) is 0.316. The molecule has 0 unspecified atom stereocenters. The lowest BCUT2D eigenvalue weighted by atomic mass is 9.87. The van der Waals surface area contributed by atoms with Gasteiger partial charge in [-0.15, -0.1) is 0 Å². The van der Waals surface area contributed by atoms with Crippen LogP contribution in [0.1, 0.15) is 33.6 Å². The molecular formula is C9H17BrO. The van der Waals surface area contributed by atoms with E-state index >= 15 is 0 Å². The van der Waals surface area contributed by atoms with Crippen molar-refractivity contribution in [1.29, 1.82) is 0 Å². The largest absolute Gasteiger partial charge is 0.374 e. The van der Waals surface area contributed by atoms with Crippen molar-refractivity contribution in [2.45, 2.75) is 45.8 Å². The van der Waals surface area contributed by atoms with Crippen LogP contribution in [0.25, 0.3) is 0 Å². The van der Waals surface area contributed by atoms with Gasteiger partial charge in [0, 0.05) is 5.33 Å². The van der Waals surface area contributed by atoms with Crippen molar-refractivity contribution in [1.82, 2.24) is 0 Å². The maximum absolute atomic E-state index is 5.83. The molecule has 0 saturated carbocycles. The predicted octanol–water partition coefficient (Wildman–Crippen LogP) is 2.98. The normalized spacial score (nSPS) is 32.7. The van der Waals surface area contributed by atoms with E-state index in [0.717, 1.165) is 5.33 Å². The van der Waals surface area contributed by atoms with Gasteiger partial charge in [-0.25, -0.2) is 0 Å².